The Morgan fingerprint density at radius 3 is 2.48 bits per heavy atom. The molecule has 0 atom stereocenters. The molecule has 8 nitrogen and oxygen atoms in total. The lowest BCUT2D eigenvalue weighted by atomic mass is 10.1. The molecule has 0 spiro atoms. The number of nitrogens with one attached hydrogen (secondary N) is 2. The van der Waals surface area contributed by atoms with Crippen LogP contribution >= 0.6 is 0 Å². The van der Waals surface area contributed by atoms with Gasteiger partial charge in [-0.2, -0.15) is 0 Å². The van der Waals surface area contributed by atoms with E-state index in [1.165, 1.54) is 0 Å². The van der Waals surface area contributed by atoms with Crippen molar-refractivity contribution in [1.82, 2.24) is 20.1 Å². The number of carbonyl (C=O) groups excluding carboxylic acids is 3. The zero-order valence-electron chi connectivity index (χ0n) is 18.7. The molecule has 1 aromatic carbocycles. The van der Waals surface area contributed by atoms with E-state index in [0.29, 0.717) is 29.9 Å². The second kappa shape index (κ2) is 10.3. The second-order valence-corrected chi connectivity index (χ2v) is 8.23. The van der Waals surface area contributed by atoms with Gasteiger partial charge in [-0.25, -0.2) is 0 Å². The van der Waals surface area contributed by atoms with E-state index in [1.807, 2.05) is 34.1 Å². The number of benzene rings is 1. The summed E-state index contributed by atoms with van der Waals surface area (Å²) < 4.78 is 5.48. The van der Waals surface area contributed by atoms with Gasteiger partial charge in [0, 0.05) is 44.0 Å². The molecule has 4 rings (SSSR count). The molecular formula is C25H28N4O4. The number of furan rings is 1. The number of hydrogen-bond acceptors (Lipinski definition) is 5. The van der Waals surface area contributed by atoms with Crippen LogP contribution in [-0.4, -0.2) is 59.1 Å². The lowest BCUT2D eigenvalue weighted by Gasteiger charge is -2.20. The molecule has 2 N–H and O–H groups in total. The van der Waals surface area contributed by atoms with Gasteiger partial charge in [-0.3, -0.25) is 19.3 Å². The highest BCUT2D eigenvalue weighted by atomic mass is 16.3. The van der Waals surface area contributed by atoms with Gasteiger partial charge in [-0.1, -0.05) is 12.1 Å². The molecule has 172 valence electrons. The molecule has 1 aliphatic heterocycles. The fourth-order valence-corrected chi connectivity index (χ4v) is 4.02. The molecule has 0 radical (unpaired) electrons. The van der Waals surface area contributed by atoms with Gasteiger partial charge < -0.3 is 19.6 Å². The summed E-state index contributed by atoms with van der Waals surface area (Å²) in [5.41, 5.74) is 2.48. The fourth-order valence-electron chi connectivity index (χ4n) is 4.02. The Morgan fingerprint density at radius 1 is 1.06 bits per heavy atom. The predicted molar refractivity (Wildman–Crippen MR) is 123 cm³/mol. The van der Waals surface area contributed by atoms with Crippen LogP contribution < -0.4 is 5.32 Å². The minimum Gasteiger partial charge on any atom is -0.468 e. The van der Waals surface area contributed by atoms with Crippen LogP contribution in [0, 0.1) is 0 Å². The van der Waals surface area contributed by atoms with E-state index in [-0.39, 0.29) is 24.1 Å². The van der Waals surface area contributed by atoms with Crippen molar-refractivity contribution < 1.29 is 18.8 Å². The third-order valence-electron chi connectivity index (χ3n) is 5.80. The molecule has 3 heterocycles. The predicted octanol–water partition coefficient (Wildman–Crippen LogP) is 3.09. The minimum absolute atomic E-state index is 0.0600. The van der Waals surface area contributed by atoms with Gasteiger partial charge in [0.25, 0.3) is 11.8 Å². The Kier molecular flexibility index (Phi) is 7.04. The van der Waals surface area contributed by atoms with Crippen molar-refractivity contribution in [2.75, 3.05) is 26.7 Å². The number of likely N-dealkylation sites (tertiary alicyclic amines) is 1. The van der Waals surface area contributed by atoms with Gasteiger partial charge in [0.15, 0.2) is 5.78 Å². The van der Waals surface area contributed by atoms with E-state index < -0.39 is 0 Å². The van der Waals surface area contributed by atoms with Crippen LogP contribution in [0.5, 0.6) is 0 Å². The first-order valence-corrected chi connectivity index (χ1v) is 11.1. The first kappa shape index (κ1) is 22.5. The average molecular weight is 449 g/mol. The number of amides is 2. The summed E-state index contributed by atoms with van der Waals surface area (Å²) in [6, 6.07) is 12.6. The maximum Gasteiger partial charge on any atom is 0.270 e. The summed E-state index contributed by atoms with van der Waals surface area (Å²) in [4.78, 5) is 44.2. The number of rotatable bonds is 9. The number of aromatic amines is 1. The first-order valence-electron chi connectivity index (χ1n) is 11.1. The van der Waals surface area contributed by atoms with Gasteiger partial charge in [-0.05, 0) is 48.7 Å². The van der Waals surface area contributed by atoms with E-state index in [1.54, 1.807) is 37.7 Å². The number of ketones is 1. The summed E-state index contributed by atoms with van der Waals surface area (Å²) in [7, 11) is 1.60. The van der Waals surface area contributed by atoms with Gasteiger partial charge in [-0.15, -0.1) is 0 Å². The Morgan fingerprint density at radius 2 is 1.82 bits per heavy atom. The number of aromatic nitrogens is 1. The van der Waals surface area contributed by atoms with Crippen molar-refractivity contribution in [2.45, 2.75) is 25.9 Å². The lowest BCUT2D eigenvalue weighted by Crippen LogP contribution is -2.29. The molecule has 1 saturated heterocycles. The van der Waals surface area contributed by atoms with E-state index >= 15 is 0 Å². The number of nitrogens with zero attached hydrogens (tertiary/aromatic N) is 2. The molecule has 2 amide bonds. The highest BCUT2D eigenvalue weighted by Crippen LogP contribution is 2.16. The number of Topliss-reactive ketones (excluding diaryl/α,β-unsaturated/α-hetero) is 1. The number of hydrogen-bond donors (Lipinski definition) is 2. The third kappa shape index (κ3) is 5.59. The van der Waals surface area contributed by atoms with Crippen molar-refractivity contribution in [1.29, 1.82) is 0 Å². The van der Waals surface area contributed by atoms with Gasteiger partial charge in [0.1, 0.15) is 11.5 Å². The smallest absolute Gasteiger partial charge is 0.270 e. The van der Waals surface area contributed by atoms with Crippen LogP contribution in [0.3, 0.4) is 0 Å². The third-order valence-corrected chi connectivity index (χ3v) is 5.80. The molecule has 0 aliphatic carbocycles. The van der Waals surface area contributed by atoms with E-state index in [9.17, 15) is 14.4 Å². The molecule has 0 bridgehead atoms. The summed E-state index contributed by atoms with van der Waals surface area (Å²) in [5, 5.41) is 2.61. The van der Waals surface area contributed by atoms with Crippen molar-refractivity contribution in [3.8, 4) is 0 Å². The molecule has 1 aliphatic rings. The van der Waals surface area contributed by atoms with Gasteiger partial charge >= 0.3 is 0 Å². The van der Waals surface area contributed by atoms with Crippen LogP contribution in [-0.2, 0) is 13.1 Å². The Labute approximate surface area is 192 Å². The lowest BCUT2D eigenvalue weighted by molar-refractivity contribution is 0.0787. The number of carbonyl (C=O) groups is 3. The van der Waals surface area contributed by atoms with Gasteiger partial charge in [0.05, 0.1) is 19.4 Å². The average Bonchev–Trinajstić information content (AvgIpc) is 3.61. The maximum absolute atomic E-state index is 13.0. The molecule has 2 aromatic heterocycles. The second-order valence-electron chi connectivity index (χ2n) is 8.23. The topological polar surface area (TPSA) is 98.7 Å². The van der Waals surface area contributed by atoms with Crippen molar-refractivity contribution >= 4 is 17.6 Å². The maximum atomic E-state index is 13.0. The first-order chi connectivity index (χ1) is 16.0. The Bertz CT molecular complexity index is 1100. The van der Waals surface area contributed by atoms with Crippen molar-refractivity contribution in [3.63, 3.8) is 0 Å². The normalized spacial score (nSPS) is 13.5. The highest BCUT2D eigenvalue weighted by molar-refractivity contribution is 6.01. The zero-order valence-corrected chi connectivity index (χ0v) is 18.7. The van der Waals surface area contributed by atoms with Crippen LogP contribution in [0.2, 0.25) is 0 Å². The standard InChI is InChI=1S/C25H28N4O4/c1-26-24(31)19-8-6-18(7-9-19)15-28(16-21-5-4-12-33-21)17-23(30)20-13-22(27-14-20)25(32)29-10-2-3-11-29/h4-9,12-14,27H,2-3,10-11,15-17H2,1H3,(H,26,31). The van der Waals surface area contributed by atoms with Crippen LogP contribution in [0.25, 0.3) is 0 Å². The molecule has 0 unspecified atom stereocenters. The van der Waals surface area contributed by atoms with E-state index in [4.69, 9.17) is 4.42 Å². The SMILES string of the molecule is CNC(=O)c1ccc(CN(CC(=O)c2c[nH]c(C(=O)N3CCCC3)c2)Cc2ccco2)cc1. The molecule has 3 aromatic rings. The zero-order chi connectivity index (χ0) is 23.2. The summed E-state index contributed by atoms with van der Waals surface area (Å²) in [5.74, 6) is 0.468. The fraction of sp³-hybridized carbons (Fsp3) is 0.320. The van der Waals surface area contributed by atoms with Crippen molar-refractivity contribution in [3.05, 3.63) is 83.1 Å². The molecule has 8 heteroatoms. The molecular weight excluding hydrogens is 420 g/mol. The number of H-pyrrole nitrogens is 1. The van der Waals surface area contributed by atoms with E-state index in [2.05, 4.69) is 10.3 Å². The van der Waals surface area contributed by atoms with Crippen molar-refractivity contribution in [2.24, 2.45) is 0 Å². The molecule has 33 heavy (non-hydrogen) atoms. The highest BCUT2D eigenvalue weighted by Gasteiger charge is 2.22. The molecule has 1 fully saturated rings. The quantitative estimate of drug-likeness (QED) is 0.490. The van der Waals surface area contributed by atoms with Crippen LogP contribution in [0.1, 0.15) is 55.4 Å². The van der Waals surface area contributed by atoms with Crippen LogP contribution in [0.15, 0.2) is 59.3 Å². The summed E-state index contributed by atoms with van der Waals surface area (Å²) in [6.45, 7) is 2.64. The largest absolute Gasteiger partial charge is 0.468 e. The van der Waals surface area contributed by atoms with Gasteiger partial charge in [0.2, 0.25) is 0 Å². The Hall–Kier alpha value is -3.65. The summed E-state index contributed by atoms with van der Waals surface area (Å²) in [6.07, 6.45) is 5.25. The minimum atomic E-state index is -0.143. The monoisotopic (exact) mass is 448 g/mol. The summed E-state index contributed by atoms with van der Waals surface area (Å²) >= 11 is 0. The molecule has 0 saturated carbocycles. The Balaban J connectivity index is 1.45. The van der Waals surface area contributed by atoms with E-state index in [0.717, 1.165) is 37.3 Å². The van der Waals surface area contributed by atoms with Crippen LogP contribution in [0.4, 0.5) is 0 Å².